The third-order valence-corrected chi connectivity index (χ3v) is 3.98. The van der Waals surface area contributed by atoms with Gasteiger partial charge in [-0.1, -0.05) is 39.0 Å². The first-order valence-corrected chi connectivity index (χ1v) is 5.40. The van der Waals surface area contributed by atoms with Crippen LogP contribution < -0.4 is 0 Å². The normalized spacial score (nSPS) is 43.9. The van der Waals surface area contributed by atoms with Gasteiger partial charge >= 0.3 is 0 Å². The summed E-state index contributed by atoms with van der Waals surface area (Å²) in [5.41, 5.74) is 0. The Bertz CT molecular complexity index is 128. The van der Waals surface area contributed by atoms with Crippen molar-refractivity contribution in [2.45, 2.75) is 51.9 Å². The van der Waals surface area contributed by atoms with E-state index in [2.05, 4.69) is 6.92 Å². The Morgan fingerprint density at radius 3 is 2.64 bits per heavy atom. The van der Waals surface area contributed by atoms with E-state index in [4.69, 9.17) is 0 Å². The molecule has 0 heteroatoms. The molecule has 0 heterocycles. The zero-order chi connectivity index (χ0) is 7.68. The van der Waals surface area contributed by atoms with Crippen molar-refractivity contribution in [1.29, 1.82) is 0 Å². The van der Waals surface area contributed by atoms with E-state index in [1.54, 1.807) is 25.7 Å². The third kappa shape index (κ3) is 1.45. The Morgan fingerprint density at radius 1 is 1.00 bits per heavy atom. The highest BCUT2D eigenvalue weighted by molar-refractivity contribution is 4.84. The molecule has 0 N–H and O–H groups in total. The van der Waals surface area contributed by atoms with Crippen molar-refractivity contribution in [2.75, 3.05) is 0 Å². The van der Waals surface area contributed by atoms with E-state index >= 15 is 0 Å². The van der Waals surface area contributed by atoms with Gasteiger partial charge in [0, 0.05) is 0 Å². The SMILES string of the molecule is CC[C@@H]1CCC2CCCC2C1. The molecule has 2 aliphatic carbocycles. The van der Waals surface area contributed by atoms with Gasteiger partial charge in [0.1, 0.15) is 0 Å². The highest BCUT2D eigenvalue weighted by Gasteiger charge is 2.32. The summed E-state index contributed by atoms with van der Waals surface area (Å²) in [6.07, 6.45) is 10.7. The molecule has 0 aliphatic heterocycles. The Hall–Kier alpha value is 0. The van der Waals surface area contributed by atoms with E-state index in [1.807, 2.05) is 0 Å². The molecule has 64 valence electrons. The first-order chi connectivity index (χ1) is 5.40. The lowest BCUT2D eigenvalue weighted by molar-refractivity contribution is 0.204. The van der Waals surface area contributed by atoms with Crippen LogP contribution in [-0.4, -0.2) is 0 Å². The van der Waals surface area contributed by atoms with E-state index < -0.39 is 0 Å². The lowest BCUT2D eigenvalue weighted by Gasteiger charge is -2.31. The van der Waals surface area contributed by atoms with Crippen LogP contribution >= 0.6 is 0 Å². The van der Waals surface area contributed by atoms with Crippen molar-refractivity contribution in [3.63, 3.8) is 0 Å². The zero-order valence-corrected chi connectivity index (χ0v) is 7.68. The molecule has 2 fully saturated rings. The Labute approximate surface area is 70.4 Å². The molecule has 0 bridgehead atoms. The van der Waals surface area contributed by atoms with Crippen LogP contribution in [0.15, 0.2) is 0 Å². The molecule has 0 spiro atoms. The van der Waals surface area contributed by atoms with Gasteiger partial charge in [0.15, 0.2) is 0 Å². The fourth-order valence-corrected chi connectivity index (χ4v) is 3.17. The van der Waals surface area contributed by atoms with Crippen LogP contribution in [-0.2, 0) is 0 Å². The summed E-state index contributed by atoms with van der Waals surface area (Å²) in [7, 11) is 0. The monoisotopic (exact) mass is 152 g/mol. The van der Waals surface area contributed by atoms with Crippen molar-refractivity contribution < 1.29 is 0 Å². The maximum Gasteiger partial charge on any atom is -0.0383 e. The standard InChI is InChI=1S/C11H20/c1-2-9-6-7-10-4-3-5-11(10)8-9/h9-11H,2-8H2,1H3/t9-,10?,11?/m1/s1. The van der Waals surface area contributed by atoms with Crippen LogP contribution in [0.3, 0.4) is 0 Å². The largest absolute Gasteiger partial charge is 0.0651 e. The second kappa shape index (κ2) is 3.16. The average molecular weight is 152 g/mol. The molecular formula is C11H20. The number of rotatable bonds is 1. The third-order valence-electron chi connectivity index (χ3n) is 3.98. The van der Waals surface area contributed by atoms with Gasteiger partial charge in [-0.2, -0.15) is 0 Å². The topological polar surface area (TPSA) is 0 Å². The number of fused-ring (bicyclic) bond motifs is 1. The molecule has 2 unspecified atom stereocenters. The molecule has 2 aliphatic rings. The first kappa shape index (κ1) is 7.64. The highest BCUT2D eigenvalue weighted by Crippen LogP contribution is 2.44. The molecule has 0 aromatic carbocycles. The molecule has 0 amide bonds. The average Bonchev–Trinajstić information content (AvgIpc) is 2.50. The second-order valence-corrected chi connectivity index (χ2v) is 4.54. The van der Waals surface area contributed by atoms with E-state index in [1.165, 1.54) is 19.3 Å². The van der Waals surface area contributed by atoms with E-state index in [0.717, 1.165) is 17.8 Å². The van der Waals surface area contributed by atoms with Crippen molar-refractivity contribution in [3.8, 4) is 0 Å². The Balaban J connectivity index is 1.91. The van der Waals surface area contributed by atoms with Crippen LogP contribution in [0, 0.1) is 17.8 Å². The van der Waals surface area contributed by atoms with Gasteiger partial charge in [-0.15, -0.1) is 0 Å². The zero-order valence-electron chi connectivity index (χ0n) is 7.68. The summed E-state index contributed by atoms with van der Waals surface area (Å²) in [6.45, 7) is 2.36. The molecule has 0 saturated heterocycles. The summed E-state index contributed by atoms with van der Waals surface area (Å²) >= 11 is 0. The minimum atomic E-state index is 1.09. The fraction of sp³-hybridized carbons (Fsp3) is 1.00. The van der Waals surface area contributed by atoms with Crippen LogP contribution in [0.2, 0.25) is 0 Å². The van der Waals surface area contributed by atoms with Gasteiger partial charge in [-0.3, -0.25) is 0 Å². The van der Waals surface area contributed by atoms with Crippen molar-refractivity contribution in [1.82, 2.24) is 0 Å². The summed E-state index contributed by atoms with van der Waals surface area (Å²) in [6, 6.07) is 0. The van der Waals surface area contributed by atoms with Gasteiger partial charge in [0.25, 0.3) is 0 Å². The molecule has 3 atom stereocenters. The predicted octanol–water partition coefficient (Wildman–Crippen LogP) is 3.61. The van der Waals surface area contributed by atoms with Gasteiger partial charge < -0.3 is 0 Å². The molecular weight excluding hydrogens is 132 g/mol. The van der Waals surface area contributed by atoms with E-state index in [0.29, 0.717) is 0 Å². The minimum Gasteiger partial charge on any atom is -0.0651 e. The van der Waals surface area contributed by atoms with Crippen LogP contribution in [0.25, 0.3) is 0 Å². The molecule has 11 heavy (non-hydrogen) atoms. The number of hydrogen-bond acceptors (Lipinski definition) is 0. The van der Waals surface area contributed by atoms with Crippen molar-refractivity contribution in [3.05, 3.63) is 0 Å². The molecule has 0 nitrogen and oxygen atoms in total. The van der Waals surface area contributed by atoms with Gasteiger partial charge in [-0.05, 0) is 30.6 Å². The lowest BCUT2D eigenvalue weighted by atomic mass is 9.75. The van der Waals surface area contributed by atoms with Crippen LogP contribution in [0.4, 0.5) is 0 Å². The molecule has 0 aromatic rings. The Morgan fingerprint density at radius 2 is 1.82 bits per heavy atom. The van der Waals surface area contributed by atoms with E-state index in [-0.39, 0.29) is 0 Å². The first-order valence-electron chi connectivity index (χ1n) is 5.40. The second-order valence-electron chi connectivity index (χ2n) is 4.54. The minimum absolute atomic E-state index is 1.09. The molecule has 0 aromatic heterocycles. The fourth-order valence-electron chi connectivity index (χ4n) is 3.17. The summed E-state index contributed by atoms with van der Waals surface area (Å²) in [5.74, 6) is 3.39. The van der Waals surface area contributed by atoms with Crippen LogP contribution in [0.5, 0.6) is 0 Å². The maximum absolute atomic E-state index is 2.36. The van der Waals surface area contributed by atoms with Gasteiger partial charge in [0.05, 0.1) is 0 Å². The Kier molecular flexibility index (Phi) is 2.20. The molecule has 2 saturated carbocycles. The smallest absolute Gasteiger partial charge is 0.0383 e. The number of hydrogen-bond donors (Lipinski definition) is 0. The highest BCUT2D eigenvalue weighted by atomic mass is 14.4. The van der Waals surface area contributed by atoms with Gasteiger partial charge in [0.2, 0.25) is 0 Å². The summed E-state index contributed by atoms with van der Waals surface area (Å²) in [4.78, 5) is 0. The summed E-state index contributed by atoms with van der Waals surface area (Å²) < 4.78 is 0. The predicted molar refractivity (Wildman–Crippen MR) is 48.5 cm³/mol. The quantitative estimate of drug-likeness (QED) is 0.538. The lowest BCUT2D eigenvalue weighted by Crippen LogP contribution is -2.19. The van der Waals surface area contributed by atoms with Gasteiger partial charge in [-0.25, -0.2) is 0 Å². The van der Waals surface area contributed by atoms with E-state index in [9.17, 15) is 0 Å². The van der Waals surface area contributed by atoms with Crippen molar-refractivity contribution >= 4 is 0 Å². The maximum atomic E-state index is 2.36. The summed E-state index contributed by atoms with van der Waals surface area (Å²) in [5, 5.41) is 0. The molecule has 0 radical (unpaired) electrons. The molecule has 2 rings (SSSR count). The van der Waals surface area contributed by atoms with Crippen LogP contribution in [0.1, 0.15) is 51.9 Å². The van der Waals surface area contributed by atoms with Crippen molar-refractivity contribution in [2.24, 2.45) is 17.8 Å².